The first-order valence-corrected chi connectivity index (χ1v) is 6.49. The van der Waals surface area contributed by atoms with Crippen LogP contribution >= 0.6 is 0 Å². The molecule has 0 spiro atoms. The van der Waals surface area contributed by atoms with Gasteiger partial charge < -0.3 is 5.73 Å². The third kappa shape index (κ3) is 3.72. The summed E-state index contributed by atoms with van der Waals surface area (Å²) < 4.78 is 0. The Kier molecular flexibility index (Phi) is 4.90. The largest absolute Gasteiger partial charge is 0.399 e. The number of para-hydroxylation sites is 1. The van der Waals surface area contributed by atoms with Crippen LogP contribution in [0.5, 0.6) is 0 Å². The van der Waals surface area contributed by atoms with Crippen LogP contribution in [0.2, 0.25) is 0 Å². The Morgan fingerprint density at radius 2 is 1.64 bits per heavy atom. The third-order valence-electron chi connectivity index (χ3n) is 2.88. The van der Waals surface area contributed by atoms with Gasteiger partial charge in [0.15, 0.2) is 0 Å². The van der Waals surface area contributed by atoms with Crippen LogP contribution in [0.25, 0.3) is 5.57 Å². The van der Waals surface area contributed by atoms with Crippen molar-refractivity contribution in [2.75, 3.05) is 11.2 Å². The highest BCUT2D eigenvalue weighted by molar-refractivity contribution is 6.13. The molecule has 0 unspecified atom stereocenters. The SMILES string of the molecule is N#CC(C#N)=C(C=NNc1ccccc1)c1ccc(N)cc1. The van der Waals surface area contributed by atoms with Crippen LogP contribution in [0.4, 0.5) is 11.4 Å². The van der Waals surface area contributed by atoms with Gasteiger partial charge in [-0.15, -0.1) is 0 Å². The van der Waals surface area contributed by atoms with Crippen molar-refractivity contribution in [2.45, 2.75) is 0 Å². The summed E-state index contributed by atoms with van der Waals surface area (Å²) in [5, 5.41) is 22.3. The van der Waals surface area contributed by atoms with E-state index in [4.69, 9.17) is 16.3 Å². The molecule has 3 N–H and O–H groups in total. The molecule has 0 fully saturated rings. The molecular formula is C17H13N5. The molecule has 0 saturated carbocycles. The topological polar surface area (TPSA) is 98.0 Å². The molecule has 106 valence electrons. The van der Waals surface area contributed by atoms with Gasteiger partial charge in [0.2, 0.25) is 0 Å². The Morgan fingerprint density at radius 3 is 2.23 bits per heavy atom. The Morgan fingerprint density at radius 1 is 1.00 bits per heavy atom. The van der Waals surface area contributed by atoms with E-state index in [2.05, 4.69) is 10.5 Å². The summed E-state index contributed by atoms with van der Waals surface area (Å²) >= 11 is 0. The molecule has 0 aliphatic carbocycles. The molecule has 0 heterocycles. The highest BCUT2D eigenvalue weighted by Gasteiger charge is 2.07. The van der Waals surface area contributed by atoms with E-state index in [0.717, 1.165) is 5.69 Å². The van der Waals surface area contributed by atoms with Crippen molar-refractivity contribution < 1.29 is 0 Å². The van der Waals surface area contributed by atoms with Gasteiger partial charge in [0, 0.05) is 11.3 Å². The average Bonchev–Trinajstić information content (AvgIpc) is 2.56. The lowest BCUT2D eigenvalue weighted by Gasteiger charge is -2.04. The fourth-order valence-corrected chi connectivity index (χ4v) is 1.78. The van der Waals surface area contributed by atoms with Crippen molar-refractivity contribution >= 4 is 23.2 Å². The number of allylic oxidation sites excluding steroid dienone is 2. The van der Waals surface area contributed by atoms with Gasteiger partial charge in [-0.1, -0.05) is 30.3 Å². The molecule has 2 rings (SSSR count). The summed E-state index contributed by atoms with van der Waals surface area (Å²) in [6.45, 7) is 0. The van der Waals surface area contributed by atoms with E-state index in [1.54, 1.807) is 24.3 Å². The van der Waals surface area contributed by atoms with Crippen molar-refractivity contribution in [3.63, 3.8) is 0 Å². The van der Waals surface area contributed by atoms with Crippen molar-refractivity contribution in [3.8, 4) is 12.1 Å². The smallest absolute Gasteiger partial charge is 0.139 e. The van der Waals surface area contributed by atoms with Crippen LogP contribution in [0.3, 0.4) is 0 Å². The summed E-state index contributed by atoms with van der Waals surface area (Å²) in [4.78, 5) is 0. The second-order valence-corrected chi connectivity index (χ2v) is 4.37. The number of nitrogens with two attached hydrogens (primary N) is 1. The van der Waals surface area contributed by atoms with Crippen LogP contribution < -0.4 is 11.2 Å². The van der Waals surface area contributed by atoms with E-state index >= 15 is 0 Å². The van der Waals surface area contributed by atoms with E-state index in [1.165, 1.54) is 6.21 Å². The molecule has 5 nitrogen and oxygen atoms in total. The Labute approximate surface area is 128 Å². The minimum absolute atomic E-state index is 0.0108. The minimum Gasteiger partial charge on any atom is -0.399 e. The summed E-state index contributed by atoms with van der Waals surface area (Å²) in [5.74, 6) is 0. The zero-order valence-electron chi connectivity index (χ0n) is 11.7. The number of nitriles is 2. The van der Waals surface area contributed by atoms with Crippen LogP contribution in [0, 0.1) is 22.7 Å². The molecule has 0 bridgehead atoms. The minimum atomic E-state index is -0.0108. The van der Waals surface area contributed by atoms with Crippen molar-refractivity contribution in [2.24, 2.45) is 5.10 Å². The number of nitrogens with one attached hydrogen (secondary N) is 1. The Bertz CT molecular complexity index is 759. The molecule has 0 radical (unpaired) electrons. The molecule has 0 amide bonds. The molecule has 0 aromatic heterocycles. The summed E-state index contributed by atoms with van der Waals surface area (Å²) in [7, 11) is 0. The maximum absolute atomic E-state index is 9.09. The maximum atomic E-state index is 9.09. The first kappa shape index (κ1) is 14.8. The molecule has 2 aromatic rings. The number of nitrogen functional groups attached to an aromatic ring is 1. The number of anilines is 2. The summed E-state index contributed by atoms with van der Waals surface area (Å²) in [5.41, 5.74) is 11.1. The molecule has 0 saturated heterocycles. The van der Waals surface area contributed by atoms with Gasteiger partial charge >= 0.3 is 0 Å². The Hall–Kier alpha value is -3.57. The van der Waals surface area contributed by atoms with Crippen LogP contribution in [-0.4, -0.2) is 6.21 Å². The van der Waals surface area contributed by atoms with Gasteiger partial charge in [-0.3, -0.25) is 5.43 Å². The van der Waals surface area contributed by atoms with Crippen molar-refractivity contribution in [3.05, 3.63) is 65.7 Å². The Balaban J connectivity index is 2.31. The molecule has 5 heteroatoms. The molecule has 2 aromatic carbocycles. The van der Waals surface area contributed by atoms with Gasteiger partial charge in [-0.25, -0.2) is 0 Å². The highest BCUT2D eigenvalue weighted by Crippen LogP contribution is 2.18. The predicted octanol–water partition coefficient (Wildman–Crippen LogP) is 3.17. The second kappa shape index (κ2) is 7.28. The van der Waals surface area contributed by atoms with Crippen LogP contribution in [-0.2, 0) is 0 Å². The van der Waals surface area contributed by atoms with Crippen LogP contribution in [0.15, 0.2) is 65.3 Å². The number of hydrogen-bond acceptors (Lipinski definition) is 5. The van der Waals surface area contributed by atoms with E-state index in [9.17, 15) is 0 Å². The van der Waals surface area contributed by atoms with E-state index in [0.29, 0.717) is 16.8 Å². The molecule has 0 atom stereocenters. The van der Waals surface area contributed by atoms with Gasteiger partial charge in [-0.05, 0) is 29.8 Å². The molecular weight excluding hydrogens is 274 g/mol. The number of hydrogen-bond donors (Lipinski definition) is 2. The highest BCUT2D eigenvalue weighted by atomic mass is 15.3. The average molecular weight is 287 g/mol. The fourth-order valence-electron chi connectivity index (χ4n) is 1.78. The first-order chi connectivity index (χ1) is 10.7. The number of nitrogens with zero attached hydrogens (tertiary/aromatic N) is 3. The van der Waals surface area contributed by atoms with Crippen molar-refractivity contribution in [1.82, 2.24) is 0 Å². The maximum Gasteiger partial charge on any atom is 0.139 e. The quantitative estimate of drug-likeness (QED) is 0.390. The lowest BCUT2D eigenvalue weighted by molar-refractivity contribution is 1.35. The lowest BCUT2D eigenvalue weighted by Crippen LogP contribution is -1.95. The van der Waals surface area contributed by atoms with Crippen molar-refractivity contribution in [1.29, 1.82) is 10.5 Å². The zero-order valence-corrected chi connectivity index (χ0v) is 11.7. The zero-order chi connectivity index (χ0) is 15.8. The number of rotatable bonds is 4. The number of benzene rings is 2. The molecule has 22 heavy (non-hydrogen) atoms. The predicted molar refractivity (Wildman–Crippen MR) is 87.6 cm³/mol. The van der Waals surface area contributed by atoms with Crippen LogP contribution in [0.1, 0.15) is 5.56 Å². The van der Waals surface area contributed by atoms with Gasteiger partial charge in [0.05, 0.1) is 11.9 Å². The van der Waals surface area contributed by atoms with Gasteiger partial charge in [-0.2, -0.15) is 15.6 Å². The van der Waals surface area contributed by atoms with E-state index < -0.39 is 0 Å². The first-order valence-electron chi connectivity index (χ1n) is 6.49. The summed E-state index contributed by atoms with van der Waals surface area (Å²) in [6.07, 6.45) is 1.46. The van der Waals surface area contributed by atoms with Gasteiger partial charge in [0.1, 0.15) is 17.7 Å². The monoisotopic (exact) mass is 287 g/mol. The normalized spacial score (nSPS) is 9.73. The molecule has 0 aliphatic heterocycles. The third-order valence-corrected chi connectivity index (χ3v) is 2.88. The molecule has 0 aliphatic rings. The van der Waals surface area contributed by atoms with E-state index in [1.807, 2.05) is 42.5 Å². The summed E-state index contributed by atoms with van der Waals surface area (Å²) in [6, 6.07) is 20.0. The standard InChI is InChI=1S/C17H13N5/c18-10-14(11-19)17(13-6-8-15(20)9-7-13)12-21-22-16-4-2-1-3-5-16/h1-9,12,22H,20H2. The van der Waals surface area contributed by atoms with E-state index in [-0.39, 0.29) is 5.57 Å². The fraction of sp³-hybridized carbons (Fsp3) is 0. The second-order valence-electron chi connectivity index (χ2n) is 4.37. The van der Waals surface area contributed by atoms with Gasteiger partial charge in [0.25, 0.3) is 0 Å². The lowest BCUT2D eigenvalue weighted by atomic mass is 10.0. The number of hydrazone groups is 1.